The van der Waals surface area contributed by atoms with Gasteiger partial charge in [-0.1, -0.05) is 18.2 Å². The molecule has 1 unspecified atom stereocenters. The first-order valence-corrected chi connectivity index (χ1v) is 11.6. The Morgan fingerprint density at radius 2 is 2.08 bits per heavy atom. The van der Waals surface area contributed by atoms with Gasteiger partial charge in [-0.15, -0.1) is 5.10 Å². The molecule has 178 valence electrons. The second-order valence-corrected chi connectivity index (χ2v) is 8.51. The number of rotatable bonds is 6. The van der Waals surface area contributed by atoms with Crippen molar-refractivity contribution in [2.45, 2.75) is 26.1 Å². The maximum Gasteiger partial charge on any atom is 0.218 e. The van der Waals surface area contributed by atoms with Crippen molar-refractivity contribution in [1.29, 1.82) is 0 Å². The Morgan fingerprint density at radius 3 is 2.89 bits per heavy atom. The highest BCUT2D eigenvalue weighted by Crippen LogP contribution is 2.31. The summed E-state index contributed by atoms with van der Waals surface area (Å²) >= 11 is 0. The summed E-state index contributed by atoms with van der Waals surface area (Å²) in [5.41, 5.74) is 5.15. The summed E-state index contributed by atoms with van der Waals surface area (Å²) in [6, 6.07) is 19.8. The number of pyridine rings is 2. The summed E-state index contributed by atoms with van der Waals surface area (Å²) in [7, 11) is 1.62. The van der Waals surface area contributed by atoms with Gasteiger partial charge in [0.2, 0.25) is 5.88 Å². The van der Waals surface area contributed by atoms with Crippen LogP contribution in [0.1, 0.15) is 28.7 Å². The maximum atomic E-state index is 6.13. The van der Waals surface area contributed by atoms with Gasteiger partial charge in [-0.2, -0.15) is 0 Å². The van der Waals surface area contributed by atoms with E-state index in [1.54, 1.807) is 19.6 Å². The van der Waals surface area contributed by atoms with Crippen LogP contribution in [0.25, 0.3) is 22.8 Å². The van der Waals surface area contributed by atoms with Crippen LogP contribution in [0.5, 0.6) is 5.88 Å². The van der Waals surface area contributed by atoms with E-state index in [-0.39, 0.29) is 6.10 Å². The second kappa shape index (κ2) is 9.24. The van der Waals surface area contributed by atoms with Gasteiger partial charge in [0.25, 0.3) is 0 Å². The van der Waals surface area contributed by atoms with E-state index in [4.69, 9.17) is 24.5 Å². The molecule has 1 atom stereocenters. The highest BCUT2D eigenvalue weighted by Gasteiger charge is 2.28. The average molecular weight is 478 g/mol. The van der Waals surface area contributed by atoms with Gasteiger partial charge in [0.05, 0.1) is 50.1 Å². The van der Waals surface area contributed by atoms with Crippen LogP contribution in [-0.4, -0.2) is 48.0 Å². The van der Waals surface area contributed by atoms with Crippen LogP contribution in [0.2, 0.25) is 0 Å². The van der Waals surface area contributed by atoms with E-state index in [0.29, 0.717) is 37.1 Å². The van der Waals surface area contributed by atoms with E-state index in [1.165, 1.54) is 0 Å². The Hall–Kier alpha value is -4.55. The van der Waals surface area contributed by atoms with Crippen molar-refractivity contribution in [1.82, 2.24) is 34.3 Å². The first kappa shape index (κ1) is 21.9. The lowest BCUT2D eigenvalue weighted by Crippen LogP contribution is -2.23. The Morgan fingerprint density at radius 1 is 1.14 bits per heavy atom. The van der Waals surface area contributed by atoms with Crippen LogP contribution < -0.4 is 4.74 Å². The lowest BCUT2D eigenvalue weighted by atomic mass is 10.0. The molecule has 1 aliphatic rings. The molecule has 0 amide bonds. The third kappa shape index (κ3) is 4.19. The van der Waals surface area contributed by atoms with Crippen LogP contribution in [0.15, 0.2) is 61.2 Å². The molecule has 0 aliphatic carbocycles. The first-order chi connectivity index (χ1) is 17.7. The molecule has 9 heteroatoms. The summed E-state index contributed by atoms with van der Waals surface area (Å²) in [5, 5.41) is 4.73. The van der Waals surface area contributed by atoms with E-state index < -0.39 is 0 Å². The lowest BCUT2D eigenvalue weighted by molar-refractivity contribution is 0.0390. The fourth-order valence-electron chi connectivity index (χ4n) is 4.30. The summed E-state index contributed by atoms with van der Waals surface area (Å²) in [6.07, 6.45) is 5.17. The highest BCUT2D eigenvalue weighted by atomic mass is 16.5. The predicted octanol–water partition coefficient (Wildman–Crippen LogP) is 3.68. The molecule has 0 N–H and O–H groups in total. The number of aromatic nitrogens is 7. The molecule has 0 fully saturated rings. The number of aryl methyl sites for hydroxylation is 1. The topological polar surface area (TPSA) is 92.8 Å². The SMILES string of the molecule is COc1nc(-c2nc3n(n2)CCOC3c2cc#cc(-c3ccccn3)c2)ccc1Cn1cnc(C)c1. The molecule has 6 rings (SSSR count). The maximum absolute atomic E-state index is 6.13. The van der Waals surface area contributed by atoms with Gasteiger partial charge >= 0.3 is 0 Å². The Kier molecular flexibility index (Phi) is 5.64. The van der Waals surface area contributed by atoms with Crippen LogP contribution in [0.3, 0.4) is 0 Å². The minimum Gasteiger partial charge on any atom is -0.481 e. The molecule has 9 nitrogen and oxygen atoms in total. The molecule has 1 aromatic carbocycles. The normalized spacial score (nSPS) is 14.8. The van der Waals surface area contributed by atoms with E-state index in [9.17, 15) is 0 Å². The van der Waals surface area contributed by atoms with Crippen molar-refractivity contribution in [3.05, 3.63) is 96.0 Å². The Balaban J connectivity index is 1.31. The van der Waals surface area contributed by atoms with Gasteiger partial charge in [-0.25, -0.2) is 19.6 Å². The van der Waals surface area contributed by atoms with Gasteiger partial charge in [0.1, 0.15) is 11.8 Å². The van der Waals surface area contributed by atoms with E-state index >= 15 is 0 Å². The van der Waals surface area contributed by atoms with E-state index in [2.05, 4.69) is 22.1 Å². The molecule has 0 saturated heterocycles. The number of fused-ring (bicyclic) bond motifs is 1. The smallest absolute Gasteiger partial charge is 0.218 e. The van der Waals surface area contributed by atoms with Crippen LogP contribution >= 0.6 is 0 Å². The molecule has 36 heavy (non-hydrogen) atoms. The van der Waals surface area contributed by atoms with Crippen molar-refractivity contribution >= 4 is 0 Å². The molecule has 0 radical (unpaired) electrons. The van der Waals surface area contributed by atoms with Crippen molar-refractivity contribution < 1.29 is 9.47 Å². The standard InChI is InChI=1S/C27H23N7O2/c1-18-15-33(17-29-18)16-21-9-10-23(30-27(21)35-2)25-31-26-24(36-13-12-34(26)32-25)20-7-5-6-19(14-20)22-8-3-4-11-28-22/h3-4,7-11,14-15,17,24H,12-13,16H2,1-2H3. The summed E-state index contributed by atoms with van der Waals surface area (Å²) in [4.78, 5) is 18.2. The molecule has 0 spiro atoms. The van der Waals surface area contributed by atoms with Crippen molar-refractivity contribution in [3.63, 3.8) is 0 Å². The van der Waals surface area contributed by atoms with Gasteiger partial charge in [0, 0.05) is 18.0 Å². The van der Waals surface area contributed by atoms with Gasteiger partial charge in [-0.05, 0) is 48.9 Å². The second-order valence-electron chi connectivity index (χ2n) is 8.51. The molecular formula is C27H23N7O2. The fraction of sp³-hybridized carbons (Fsp3) is 0.222. The highest BCUT2D eigenvalue weighted by molar-refractivity contribution is 5.58. The van der Waals surface area contributed by atoms with Crippen LogP contribution in [0, 0.1) is 19.1 Å². The predicted molar refractivity (Wildman–Crippen MR) is 131 cm³/mol. The zero-order valence-corrected chi connectivity index (χ0v) is 19.9. The molecule has 0 bridgehead atoms. The molecule has 5 aromatic rings. The van der Waals surface area contributed by atoms with E-state index in [1.807, 2.05) is 64.8 Å². The number of hydrogen-bond acceptors (Lipinski definition) is 7. The molecular weight excluding hydrogens is 454 g/mol. The fourth-order valence-corrected chi connectivity index (χ4v) is 4.30. The quantitative estimate of drug-likeness (QED) is 0.368. The van der Waals surface area contributed by atoms with Gasteiger partial charge < -0.3 is 14.0 Å². The Labute approximate surface area is 208 Å². The zero-order valence-electron chi connectivity index (χ0n) is 19.9. The first-order valence-electron chi connectivity index (χ1n) is 11.6. The van der Waals surface area contributed by atoms with Crippen molar-refractivity contribution in [2.75, 3.05) is 13.7 Å². The Bertz CT molecular complexity index is 1510. The molecule has 0 saturated carbocycles. The third-order valence-corrected chi connectivity index (χ3v) is 6.00. The minimum absolute atomic E-state index is 0.376. The molecule has 1 aliphatic heterocycles. The summed E-state index contributed by atoms with van der Waals surface area (Å²) < 4.78 is 15.6. The summed E-state index contributed by atoms with van der Waals surface area (Å²) in [5.74, 6) is 1.79. The van der Waals surface area contributed by atoms with Gasteiger partial charge in [0.15, 0.2) is 11.6 Å². The van der Waals surface area contributed by atoms with Crippen molar-refractivity contribution in [3.8, 4) is 28.7 Å². The third-order valence-electron chi connectivity index (χ3n) is 6.00. The minimum atomic E-state index is -0.376. The number of ether oxygens (including phenoxy) is 2. The largest absolute Gasteiger partial charge is 0.481 e. The monoisotopic (exact) mass is 477 g/mol. The van der Waals surface area contributed by atoms with Crippen molar-refractivity contribution in [2.24, 2.45) is 0 Å². The van der Waals surface area contributed by atoms with Crippen LogP contribution in [-0.2, 0) is 17.8 Å². The average Bonchev–Trinajstić information content (AvgIpc) is 3.55. The lowest BCUT2D eigenvalue weighted by Gasteiger charge is -2.22. The molecule has 5 heterocycles. The number of imidazole rings is 1. The van der Waals surface area contributed by atoms with Crippen LogP contribution in [0.4, 0.5) is 0 Å². The number of methoxy groups -OCH3 is 1. The number of nitrogens with zero attached hydrogens (tertiary/aromatic N) is 7. The van der Waals surface area contributed by atoms with Gasteiger partial charge in [-0.3, -0.25) is 4.98 Å². The van der Waals surface area contributed by atoms with E-state index in [0.717, 1.165) is 33.9 Å². The molecule has 4 aromatic heterocycles. The zero-order chi connectivity index (χ0) is 24.5. The summed E-state index contributed by atoms with van der Waals surface area (Å²) in [6.45, 7) is 3.71. The number of hydrogen-bond donors (Lipinski definition) is 0.